The highest BCUT2D eigenvalue weighted by Gasteiger charge is 2.47. The van der Waals surface area contributed by atoms with Crippen molar-refractivity contribution in [1.29, 1.82) is 0 Å². The van der Waals surface area contributed by atoms with E-state index in [1.54, 1.807) is 13.2 Å². The molecule has 2 atom stereocenters. The Hall–Kier alpha value is -2.30. The standard InChI is InChI=1S/C16H20N2O3/c1-3-8-17-15(19)12-9-13(12)16(20)18-10-11-6-4-5-7-14(11)21-2/h3-7,12-13H,1,8-10H2,2H3,(H,17,19)(H,18,20). The summed E-state index contributed by atoms with van der Waals surface area (Å²) in [7, 11) is 1.60. The van der Waals surface area contributed by atoms with E-state index in [1.807, 2.05) is 24.3 Å². The van der Waals surface area contributed by atoms with Gasteiger partial charge in [0.15, 0.2) is 0 Å². The summed E-state index contributed by atoms with van der Waals surface area (Å²) >= 11 is 0. The molecule has 0 spiro atoms. The van der Waals surface area contributed by atoms with Crippen molar-refractivity contribution in [3.63, 3.8) is 0 Å². The van der Waals surface area contributed by atoms with Crippen molar-refractivity contribution in [3.05, 3.63) is 42.5 Å². The molecule has 2 amide bonds. The first kappa shape index (κ1) is 15.1. The second-order valence-corrected chi connectivity index (χ2v) is 5.01. The number of rotatable bonds is 7. The Morgan fingerprint density at radius 3 is 2.62 bits per heavy atom. The van der Waals surface area contributed by atoms with Gasteiger partial charge in [0, 0.05) is 18.7 Å². The van der Waals surface area contributed by atoms with Crippen molar-refractivity contribution in [2.45, 2.75) is 13.0 Å². The van der Waals surface area contributed by atoms with E-state index in [0.717, 1.165) is 11.3 Å². The fraction of sp³-hybridized carbons (Fsp3) is 0.375. The fourth-order valence-electron chi connectivity index (χ4n) is 2.24. The van der Waals surface area contributed by atoms with Gasteiger partial charge in [0.25, 0.3) is 0 Å². The van der Waals surface area contributed by atoms with Crippen molar-refractivity contribution < 1.29 is 14.3 Å². The first-order chi connectivity index (χ1) is 10.2. The number of hydrogen-bond donors (Lipinski definition) is 2. The van der Waals surface area contributed by atoms with E-state index < -0.39 is 0 Å². The topological polar surface area (TPSA) is 67.4 Å². The van der Waals surface area contributed by atoms with Gasteiger partial charge < -0.3 is 15.4 Å². The summed E-state index contributed by atoms with van der Waals surface area (Å²) < 4.78 is 5.23. The number of ether oxygens (including phenoxy) is 1. The summed E-state index contributed by atoms with van der Waals surface area (Å²) in [6, 6.07) is 7.53. The van der Waals surface area contributed by atoms with Gasteiger partial charge in [0.1, 0.15) is 5.75 Å². The Balaban J connectivity index is 1.81. The molecule has 112 valence electrons. The van der Waals surface area contributed by atoms with Crippen LogP contribution in [0.2, 0.25) is 0 Å². The molecule has 1 saturated carbocycles. The minimum Gasteiger partial charge on any atom is -0.496 e. The van der Waals surface area contributed by atoms with Crippen LogP contribution < -0.4 is 15.4 Å². The molecular formula is C16H20N2O3. The first-order valence-electron chi connectivity index (χ1n) is 6.95. The number of carbonyl (C=O) groups excluding carboxylic acids is 2. The minimum absolute atomic E-state index is 0.0765. The zero-order valence-electron chi connectivity index (χ0n) is 12.1. The molecule has 0 saturated heterocycles. The highest BCUT2D eigenvalue weighted by atomic mass is 16.5. The minimum atomic E-state index is -0.218. The summed E-state index contributed by atoms with van der Waals surface area (Å²) in [6.07, 6.45) is 2.23. The zero-order chi connectivity index (χ0) is 15.2. The van der Waals surface area contributed by atoms with Gasteiger partial charge in [0.05, 0.1) is 18.9 Å². The second kappa shape index (κ2) is 6.92. The maximum atomic E-state index is 12.0. The normalized spacial score (nSPS) is 19.5. The number of methoxy groups -OCH3 is 1. The molecule has 2 rings (SSSR count). The third-order valence-electron chi connectivity index (χ3n) is 3.53. The molecule has 0 aromatic heterocycles. The highest BCUT2D eigenvalue weighted by Crippen LogP contribution is 2.38. The third-order valence-corrected chi connectivity index (χ3v) is 3.53. The van der Waals surface area contributed by atoms with E-state index in [2.05, 4.69) is 17.2 Å². The molecule has 21 heavy (non-hydrogen) atoms. The lowest BCUT2D eigenvalue weighted by molar-refractivity contribution is -0.127. The maximum absolute atomic E-state index is 12.0. The molecule has 5 nitrogen and oxygen atoms in total. The molecule has 2 N–H and O–H groups in total. The summed E-state index contributed by atoms with van der Waals surface area (Å²) in [5.41, 5.74) is 0.918. The lowest BCUT2D eigenvalue weighted by Gasteiger charge is -2.09. The van der Waals surface area contributed by atoms with Crippen LogP contribution in [0.15, 0.2) is 36.9 Å². The Kier molecular flexibility index (Phi) is 4.98. The van der Waals surface area contributed by atoms with Crippen LogP contribution in [0.3, 0.4) is 0 Å². The van der Waals surface area contributed by atoms with Gasteiger partial charge in [-0.1, -0.05) is 24.3 Å². The van der Waals surface area contributed by atoms with E-state index in [1.165, 1.54) is 0 Å². The molecule has 2 unspecified atom stereocenters. The first-order valence-corrected chi connectivity index (χ1v) is 6.95. The van der Waals surface area contributed by atoms with Crippen molar-refractivity contribution in [3.8, 4) is 5.75 Å². The summed E-state index contributed by atoms with van der Waals surface area (Å²) in [5.74, 6) is 0.160. The van der Waals surface area contributed by atoms with Gasteiger partial charge in [-0.05, 0) is 12.5 Å². The van der Waals surface area contributed by atoms with Crippen molar-refractivity contribution in [1.82, 2.24) is 10.6 Å². The lowest BCUT2D eigenvalue weighted by Crippen LogP contribution is -2.30. The monoisotopic (exact) mass is 288 g/mol. The molecule has 1 aliphatic rings. The van der Waals surface area contributed by atoms with E-state index in [4.69, 9.17) is 4.74 Å². The van der Waals surface area contributed by atoms with Crippen molar-refractivity contribution >= 4 is 11.8 Å². The van der Waals surface area contributed by atoms with Crippen LogP contribution in [-0.2, 0) is 16.1 Å². The SMILES string of the molecule is C=CCNC(=O)C1CC1C(=O)NCc1ccccc1OC. The van der Waals surface area contributed by atoms with Gasteiger partial charge in [-0.3, -0.25) is 9.59 Å². The van der Waals surface area contributed by atoms with Crippen molar-refractivity contribution in [2.24, 2.45) is 11.8 Å². The largest absolute Gasteiger partial charge is 0.496 e. The predicted molar refractivity (Wildman–Crippen MR) is 79.6 cm³/mol. The van der Waals surface area contributed by atoms with E-state index in [0.29, 0.717) is 19.5 Å². The molecule has 0 aliphatic heterocycles. The average Bonchev–Trinajstić information content (AvgIpc) is 3.31. The smallest absolute Gasteiger partial charge is 0.224 e. The molecular weight excluding hydrogens is 268 g/mol. The number of hydrogen-bond acceptors (Lipinski definition) is 3. The van der Waals surface area contributed by atoms with Gasteiger partial charge in [-0.2, -0.15) is 0 Å². The molecule has 0 radical (unpaired) electrons. The van der Waals surface area contributed by atoms with Crippen LogP contribution >= 0.6 is 0 Å². The lowest BCUT2D eigenvalue weighted by atomic mass is 10.2. The van der Waals surface area contributed by atoms with Gasteiger partial charge in [-0.25, -0.2) is 0 Å². The van der Waals surface area contributed by atoms with E-state index >= 15 is 0 Å². The van der Waals surface area contributed by atoms with Crippen LogP contribution in [0.25, 0.3) is 0 Å². The van der Waals surface area contributed by atoms with E-state index in [9.17, 15) is 9.59 Å². The summed E-state index contributed by atoms with van der Waals surface area (Å²) in [5, 5.41) is 5.57. The molecule has 0 heterocycles. The summed E-state index contributed by atoms with van der Waals surface area (Å²) in [6.45, 7) is 4.38. The van der Waals surface area contributed by atoms with Gasteiger partial charge in [0.2, 0.25) is 11.8 Å². The van der Waals surface area contributed by atoms with Crippen LogP contribution in [0.1, 0.15) is 12.0 Å². The van der Waals surface area contributed by atoms with Crippen LogP contribution in [0.4, 0.5) is 0 Å². The van der Waals surface area contributed by atoms with Crippen LogP contribution in [0.5, 0.6) is 5.75 Å². The van der Waals surface area contributed by atoms with E-state index in [-0.39, 0.29) is 23.7 Å². The van der Waals surface area contributed by atoms with Crippen LogP contribution in [-0.4, -0.2) is 25.5 Å². The van der Waals surface area contributed by atoms with Crippen LogP contribution in [0, 0.1) is 11.8 Å². The Morgan fingerprint density at radius 2 is 1.95 bits per heavy atom. The Morgan fingerprint density at radius 1 is 1.29 bits per heavy atom. The predicted octanol–water partition coefficient (Wildman–Crippen LogP) is 1.25. The fourth-order valence-corrected chi connectivity index (χ4v) is 2.24. The van der Waals surface area contributed by atoms with Gasteiger partial charge >= 0.3 is 0 Å². The molecule has 1 aromatic carbocycles. The maximum Gasteiger partial charge on any atom is 0.224 e. The zero-order valence-corrected chi connectivity index (χ0v) is 12.1. The number of nitrogens with one attached hydrogen (secondary N) is 2. The van der Waals surface area contributed by atoms with Crippen molar-refractivity contribution in [2.75, 3.05) is 13.7 Å². The average molecular weight is 288 g/mol. The Labute approximate surface area is 124 Å². The second-order valence-electron chi connectivity index (χ2n) is 5.01. The highest BCUT2D eigenvalue weighted by molar-refractivity contribution is 5.92. The molecule has 0 bridgehead atoms. The molecule has 1 aromatic rings. The number of benzene rings is 1. The Bertz CT molecular complexity index is 542. The molecule has 5 heteroatoms. The number of carbonyl (C=O) groups is 2. The summed E-state index contributed by atoms with van der Waals surface area (Å²) in [4.78, 5) is 23.7. The van der Waals surface area contributed by atoms with Gasteiger partial charge in [-0.15, -0.1) is 6.58 Å². The third kappa shape index (κ3) is 3.84. The molecule has 1 aliphatic carbocycles. The quantitative estimate of drug-likeness (QED) is 0.742. The number of para-hydroxylation sites is 1. The number of amides is 2. The molecule has 1 fully saturated rings.